The Labute approximate surface area is 110 Å². The number of nitrogens with one attached hydrogen (secondary N) is 1. The first-order valence-corrected chi connectivity index (χ1v) is 5.74. The van der Waals surface area contributed by atoms with Crippen molar-refractivity contribution in [1.29, 1.82) is 0 Å². The lowest BCUT2D eigenvalue weighted by Gasteiger charge is -2.23. The highest BCUT2D eigenvalue weighted by Gasteiger charge is 2.23. The Bertz CT molecular complexity index is 427. The molecule has 0 unspecified atom stereocenters. The van der Waals surface area contributed by atoms with Gasteiger partial charge in [0.2, 0.25) is 0 Å². The second-order valence-corrected chi connectivity index (χ2v) is 3.78. The zero-order valence-electron chi connectivity index (χ0n) is 10.7. The number of hydrogen-bond acceptors (Lipinski definition) is 7. The molecule has 0 amide bonds. The van der Waals surface area contributed by atoms with E-state index in [2.05, 4.69) is 5.43 Å². The van der Waals surface area contributed by atoms with Gasteiger partial charge < -0.3 is 20.2 Å². The maximum absolute atomic E-state index is 11.2. The monoisotopic (exact) mass is 270 g/mol. The Balaban J connectivity index is 3.16. The topological polar surface area (TPSA) is 114 Å². The fourth-order valence-corrected chi connectivity index (χ4v) is 1.77. The van der Waals surface area contributed by atoms with E-state index in [-0.39, 0.29) is 24.5 Å². The van der Waals surface area contributed by atoms with Crippen LogP contribution in [0.25, 0.3) is 0 Å². The molecule has 0 saturated carbocycles. The van der Waals surface area contributed by atoms with E-state index in [0.717, 1.165) is 0 Å². The third-order valence-electron chi connectivity index (χ3n) is 2.63. The standard InChI is InChI=1S/C11H18N4O4/c1-19-8-6-14(5-7-16)10-4-2-3-9(13-12)11(10)15(17)18/h2-4,13,16H,5-8,12H2,1H3. The van der Waals surface area contributed by atoms with Crippen LogP contribution in [0.4, 0.5) is 17.1 Å². The van der Waals surface area contributed by atoms with E-state index >= 15 is 0 Å². The van der Waals surface area contributed by atoms with Gasteiger partial charge in [-0.25, -0.2) is 0 Å². The molecule has 1 aromatic rings. The van der Waals surface area contributed by atoms with Crippen LogP contribution in [-0.4, -0.2) is 43.4 Å². The molecular formula is C11H18N4O4. The first-order chi connectivity index (χ1) is 9.15. The highest BCUT2D eigenvalue weighted by atomic mass is 16.6. The van der Waals surface area contributed by atoms with Gasteiger partial charge in [0.25, 0.3) is 0 Å². The van der Waals surface area contributed by atoms with Crippen LogP contribution in [0.15, 0.2) is 18.2 Å². The summed E-state index contributed by atoms with van der Waals surface area (Å²) < 4.78 is 4.96. The molecule has 0 atom stereocenters. The van der Waals surface area contributed by atoms with Crippen molar-refractivity contribution < 1.29 is 14.8 Å². The Morgan fingerprint density at radius 3 is 2.79 bits per heavy atom. The zero-order valence-corrected chi connectivity index (χ0v) is 10.7. The van der Waals surface area contributed by atoms with Crippen molar-refractivity contribution >= 4 is 17.1 Å². The number of nitrogen functional groups attached to an aromatic ring is 1. The van der Waals surface area contributed by atoms with Crippen molar-refractivity contribution in [3.8, 4) is 0 Å². The fraction of sp³-hybridized carbons (Fsp3) is 0.455. The van der Waals surface area contributed by atoms with E-state index in [1.54, 1.807) is 24.1 Å². The number of rotatable bonds is 8. The smallest absolute Gasteiger partial charge is 0.316 e. The zero-order chi connectivity index (χ0) is 14.3. The lowest BCUT2D eigenvalue weighted by Crippen LogP contribution is -2.31. The second-order valence-electron chi connectivity index (χ2n) is 3.78. The quantitative estimate of drug-likeness (QED) is 0.354. The molecule has 0 aromatic heterocycles. The summed E-state index contributed by atoms with van der Waals surface area (Å²) in [7, 11) is 1.55. The lowest BCUT2D eigenvalue weighted by molar-refractivity contribution is -0.383. The van der Waals surface area contributed by atoms with Gasteiger partial charge in [-0.1, -0.05) is 6.07 Å². The minimum atomic E-state index is -0.498. The average molecular weight is 270 g/mol. The third-order valence-corrected chi connectivity index (χ3v) is 2.63. The number of benzene rings is 1. The van der Waals surface area contributed by atoms with Crippen molar-refractivity contribution in [1.82, 2.24) is 0 Å². The largest absolute Gasteiger partial charge is 0.395 e. The van der Waals surface area contributed by atoms with E-state index < -0.39 is 4.92 Å². The highest BCUT2D eigenvalue weighted by molar-refractivity contribution is 5.76. The number of nitrogens with two attached hydrogens (primary N) is 1. The Kier molecular flexibility index (Phi) is 6.00. The number of aliphatic hydroxyl groups excluding tert-OH is 1. The van der Waals surface area contributed by atoms with Crippen molar-refractivity contribution in [3.05, 3.63) is 28.3 Å². The number of nitrogens with zero attached hydrogens (tertiary/aromatic N) is 2. The van der Waals surface area contributed by atoms with Gasteiger partial charge in [0.05, 0.1) is 18.1 Å². The van der Waals surface area contributed by atoms with Gasteiger partial charge in [-0.05, 0) is 12.1 Å². The van der Waals surface area contributed by atoms with Crippen LogP contribution in [0.2, 0.25) is 0 Å². The molecule has 0 aliphatic carbocycles. The van der Waals surface area contributed by atoms with E-state index in [1.165, 1.54) is 6.07 Å². The van der Waals surface area contributed by atoms with Crippen LogP contribution >= 0.6 is 0 Å². The Morgan fingerprint density at radius 1 is 1.53 bits per heavy atom. The molecule has 106 valence electrons. The molecule has 0 spiro atoms. The van der Waals surface area contributed by atoms with Crippen molar-refractivity contribution in [2.45, 2.75) is 0 Å². The molecule has 0 heterocycles. The number of para-hydroxylation sites is 1. The summed E-state index contributed by atoms with van der Waals surface area (Å²) in [6.45, 7) is 1.00. The summed E-state index contributed by atoms with van der Waals surface area (Å²) in [5.74, 6) is 5.28. The number of hydrogen-bond donors (Lipinski definition) is 3. The van der Waals surface area contributed by atoms with Gasteiger partial charge in [0, 0.05) is 20.2 Å². The SMILES string of the molecule is COCCN(CCO)c1cccc(NN)c1[N+](=O)[O-]. The summed E-state index contributed by atoms with van der Waals surface area (Å²) in [5, 5.41) is 20.2. The van der Waals surface area contributed by atoms with Crippen LogP contribution in [0.5, 0.6) is 0 Å². The first kappa shape index (κ1) is 15.2. The molecule has 0 radical (unpaired) electrons. The number of aliphatic hydroxyl groups is 1. The van der Waals surface area contributed by atoms with Crippen molar-refractivity contribution in [2.75, 3.05) is 43.7 Å². The molecule has 0 bridgehead atoms. The number of nitro benzene ring substituents is 1. The van der Waals surface area contributed by atoms with Crippen LogP contribution < -0.4 is 16.2 Å². The van der Waals surface area contributed by atoms with E-state index in [4.69, 9.17) is 15.7 Å². The third kappa shape index (κ3) is 3.78. The average Bonchev–Trinajstić information content (AvgIpc) is 2.42. The lowest BCUT2D eigenvalue weighted by atomic mass is 10.2. The number of ether oxygens (including phenoxy) is 1. The van der Waals surface area contributed by atoms with Crippen LogP contribution in [0.1, 0.15) is 0 Å². The number of anilines is 2. The highest BCUT2D eigenvalue weighted by Crippen LogP contribution is 2.34. The van der Waals surface area contributed by atoms with Gasteiger partial charge in [0.15, 0.2) is 0 Å². The normalized spacial score (nSPS) is 10.3. The van der Waals surface area contributed by atoms with Gasteiger partial charge in [-0.15, -0.1) is 0 Å². The fourth-order valence-electron chi connectivity index (χ4n) is 1.77. The van der Waals surface area contributed by atoms with Gasteiger partial charge >= 0.3 is 5.69 Å². The molecule has 19 heavy (non-hydrogen) atoms. The van der Waals surface area contributed by atoms with E-state index in [9.17, 15) is 10.1 Å². The maximum Gasteiger partial charge on any atom is 0.316 e. The van der Waals surface area contributed by atoms with Crippen molar-refractivity contribution in [3.63, 3.8) is 0 Å². The molecule has 1 aromatic carbocycles. The molecule has 8 heteroatoms. The summed E-state index contributed by atoms with van der Waals surface area (Å²) >= 11 is 0. The molecule has 0 saturated heterocycles. The molecular weight excluding hydrogens is 252 g/mol. The minimum absolute atomic E-state index is 0.110. The predicted molar refractivity (Wildman–Crippen MR) is 72.1 cm³/mol. The van der Waals surface area contributed by atoms with Gasteiger partial charge in [-0.2, -0.15) is 0 Å². The molecule has 1 rings (SSSR count). The van der Waals surface area contributed by atoms with E-state index in [1.807, 2.05) is 0 Å². The molecule has 4 N–H and O–H groups in total. The van der Waals surface area contributed by atoms with Crippen molar-refractivity contribution in [2.24, 2.45) is 5.84 Å². The first-order valence-electron chi connectivity index (χ1n) is 5.74. The van der Waals surface area contributed by atoms with Gasteiger partial charge in [0.1, 0.15) is 11.4 Å². The van der Waals surface area contributed by atoms with Crippen LogP contribution in [0.3, 0.4) is 0 Å². The van der Waals surface area contributed by atoms with Crippen LogP contribution in [-0.2, 0) is 4.74 Å². The molecule has 0 aliphatic heterocycles. The Hall–Kier alpha value is -1.90. The van der Waals surface area contributed by atoms with Gasteiger partial charge in [-0.3, -0.25) is 16.0 Å². The summed E-state index contributed by atoms with van der Waals surface area (Å²) in [6.07, 6.45) is 0. The second kappa shape index (κ2) is 7.52. The Morgan fingerprint density at radius 2 is 2.26 bits per heavy atom. The maximum atomic E-state index is 11.2. The summed E-state index contributed by atoms with van der Waals surface area (Å²) in [5.41, 5.74) is 2.81. The molecule has 8 nitrogen and oxygen atoms in total. The number of methoxy groups -OCH3 is 1. The van der Waals surface area contributed by atoms with Crippen LogP contribution in [0, 0.1) is 10.1 Å². The number of hydrazine groups is 1. The minimum Gasteiger partial charge on any atom is -0.395 e. The number of nitro groups is 1. The molecule has 0 fully saturated rings. The summed E-state index contributed by atoms with van der Waals surface area (Å²) in [6, 6.07) is 4.80. The predicted octanol–water partition coefficient (Wildman–Crippen LogP) is 0.326. The van der Waals surface area contributed by atoms with E-state index in [0.29, 0.717) is 18.8 Å². The summed E-state index contributed by atoms with van der Waals surface area (Å²) in [4.78, 5) is 12.4. The molecule has 0 aliphatic rings.